The van der Waals surface area contributed by atoms with Crippen LogP contribution >= 0.6 is 0 Å². The quantitative estimate of drug-likeness (QED) is 0.673. The second-order valence-electron chi connectivity index (χ2n) is 7.11. The molecule has 1 fully saturated rings. The first-order valence-electron chi connectivity index (χ1n) is 9.82. The first-order chi connectivity index (χ1) is 13.5. The van der Waals surface area contributed by atoms with Crippen LogP contribution in [0, 0.1) is 0 Å². The van der Waals surface area contributed by atoms with Crippen LogP contribution in [0.3, 0.4) is 0 Å². The molecule has 1 aromatic heterocycles. The van der Waals surface area contributed by atoms with Crippen molar-refractivity contribution < 1.29 is 14.3 Å². The summed E-state index contributed by atoms with van der Waals surface area (Å²) in [4.78, 5) is 26.9. The fourth-order valence-corrected chi connectivity index (χ4v) is 3.17. The number of amides is 1. The first-order valence-corrected chi connectivity index (χ1v) is 9.82. The van der Waals surface area contributed by atoms with Gasteiger partial charge in [-0.1, -0.05) is 31.2 Å². The van der Waals surface area contributed by atoms with Crippen LogP contribution < -0.4 is 5.32 Å². The van der Waals surface area contributed by atoms with Crippen molar-refractivity contribution in [3.05, 3.63) is 47.2 Å². The number of nitrogens with one attached hydrogen (secondary N) is 1. The van der Waals surface area contributed by atoms with Gasteiger partial charge in [0.1, 0.15) is 11.4 Å². The lowest BCUT2D eigenvalue weighted by molar-refractivity contribution is -0.117. The van der Waals surface area contributed by atoms with Gasteiger partial charge in [-0.15, -0.1) is 0 Å². The van der Waals surface area contributed by atoms with Crippen molar-refractivity contribution in [2.75, 3.05) is 18.5 Å². The SMILES string of the molecule is CCOC(=O)c1cnn(C)c1NC(=O)CN(Cc1ccc(CC)cc1)C1CC1. The van der Waals surface area contributed by atoms with Gasteiger partial charge in [-0.2, -0.15) is 5.10 Å². The first kappa shape index (κ1) is 20.1. The number of ether oxygens (including phenoxy) is 1. The van der Waals surface area contributed by atoms with Gasteiger partial charge in [-0.3, -0.25) is 14.4 Å². The number of hydrogen-bond acceptors (Lipinski definition) is 5. The molecule has 1 aromatic carbocycles. The lowest BCUT2D eigenvalue weighted by atomic mass is 10.1. The van der Waals surface area contributed by atoms with Crippen LogP contribution in [0.1, 0.15) is 48.2 Å². The highest BCUT2D eigenvalue weighted by molar-refractivity contribution is 6.00. The van der Waals surface area contributed by atoms with Crippen LogP contribution in [-0.4, -0.2) is 45.8 Å². The fraction of sp³-hybridized carbons (Fsp3) is 0.476. The number of anilines is 1. The molecule has 3 rings (SSSR count). The van der Waals surface area contributed by atoms with Crippen molar-refractivity contribution in [1.29, 1.82) is 0 Å². The predicted molar refractivity (Wildman–Crippen MR) is 107 cm³/mol. The molecule has 1 aliphatic rings. The number of hydrogen-bond donors (Lipinski definition) is 1. The second-order valence-corrected chi connectivity index (χ2v) is 7.11. The summed E-state index contributed by atoms with van der Waals surface area (Å²) in [5, 5.41) is 6.91. The van der Waals surface area contributed by atoms with Crippen LogP contribution in [-0.2, 0) is 29.5 Å². The zero-order valence-corrected chi connectivity index (χ0v) is 16.8. The van der Waals surface area contributed by atoms with Gasteiger partial charge in [0, 0.05) is 19.6 Å². The van der Waals surface area contributed by atoms with Gasteiger partial charge in [0.15, 0.2) is 0 Å². The fourth-order valence-electron chi connectivity index (χ4n) is 3.17. The molecule has 1 aliphatic carbocycles. The number of aryl methyl sites for hydroxylation is 2. The Morgan fingerprint density at radius 2 is 1.89 bits per heavy atom. The van der Waals surface area contributed by atoms with Gasteiger partial charge in [0.25, 0.3) is 0 Å². The van der Waals surface area contributed by atoms with E-state index in [9.17, 15) is 9.59 Å². The maximum atomic E-state index is 12.7. The molecule has 0 unspecified atom stereocenters. The maximum Gasteiger partial charge on any atom is 0.343 e. The summed E-state index contributed by atoms with van der Waals surface area (Å²) in [7, 11) is 1.69. The Morgan fingerprint density at radius 3 is 2.50 bits per heavy atom. The van der Waals surface area contributed by atoms with E-state index in [2.05, 4.69) is 46.5 Å². The largest absolute Gasteiger partial charge is 0.462 e. The average Bonchev–Trinajstić information content (AvgIpc) is 3.47. The number of aromatic nitrogens is 2. The molecule has 1 saturated carbocycles. The predicted octanol–water partition coefficient (Wildman–Crippen LogP) is 2.76. The molecule has 0 aliphatic heterocycles. The molecule has 7 heteroatoms. The van der Waals surface area contributed by atoms with Gasteiger partial charge in [-0.25, -0.2) is 4.79 Å². The average molecular weight is 384 g/mol. The molecule has 0 atom stereocenters. The smallest absolute Gasteiger partial charge is 0.343 e. The number of benzene rings is 1. The molecule has 1 N–H and O–H groups in total. The van der Waals surface area contributed by atoms with Crippen LogP contribution in [0.15, 0.2) is 30.5 Å². The van der Waals surface area contributed by atoms with Crippen LogP contribution in [0.2, 0.25) is 0 Å². The highest BCUT2D eigenvalue weighted by Gasteiger charge is 2.31. The van der Waals surface area contributed by atoms with Gasteiger partial charge in [0.05, 0.1) is 19.3 Å². The normalized spacial score (nSPS) is 13.6. The Hall–Kier alpha value is -2.67. The molecule has 1 amide bonds. The molecular formula is C21H28N4O3. The lowest BCUT2D eigenvalue weighted by Crippen LogP contribution is -2.35. The van der Waals surface area contributed by atoms with Gasteiger partial charge in [-0.05, 0) is 37.3 Å². The molecule has 1 heterocycles. The van der Waals surface area contributed by atoms with Crippen LogP contribution in [0.4, 0.5) is 5.82 Å². The molecular weight excluding hydrogens is 356 g/mol. The summed E-state index contributed by atoms with van der Waals surface area (Å²) >= 11 is 0. The molecule has 150 valence electrons. The standard InChI is InChI=1S/C21H28N4O3/c1-4-15-6-8-16(9-7-15)13-25(17-10-11-17)14-19(26)23-20-18(12-22-24(20)3)21(27)28-5-2/h6-9,12,17H,4-5,10-11,13-14H2,1-3H3,(H,23,26). The Kier molecular flexibility index (Phi) is 6.46. The van der Waals surface area contributed by atoms with E-state index < -0.39 is 5.97 Å². The van der Waals surface area contributed by atoms with E-state index in [0.29, 0.717) is 11.9 Å². The summed E-state index contributed by atoms with van der Waals surface area (Å²) in [5.74, 6) is -0.279. The van der Waals surface area contributed by atoms with Crippen molar-refractivity contribution in [2.24, 2.45) is 7.05 Å². The summed E-state index contributed by atoms with van der Waals surface area (Å²) in [6, 6.07) is 8.98. The minimum atomic E-state index is -0.485. The minimum Gasteiger partial charge on any atom is -0.462 e. The Labute approximate surface area is 165 Å². The van der Waals surface area contributed by atoms with E-state index in [4.69, 9.17) is 4.74 Å². The Bertz CT molecular complexity index is 825. The Morgan fingerprint density at radius 1 is 1.21 bits per heavy atom. The van der Waals surface area contributed by atoms with E-state index in [0.717, 1.165) is 25.8 Å². The third-order valence-electron chi connectivity index (χ3n) is 4.92. The number of esters is 1. The topological polar surface area (TPSA) is 76.5 Å². The van der Waals surface area contributed by atoms with E-state index >= 15 is 0 Å². The number of rotatable bonds is 9. The molecule has 0 saturated heterocycles. The van der Waals surface area contributed by atoms with Crippen molar-refractivity contribution in [3.63, 3.8) is 0 Å². The van der Waals surface area contributed by atoms with E-state index in [1.807, 2.05) is 0 Å². The van der Waals surface area contributed by atoms with Crippen molar-refractivity contribution in [2.45, 2.75) is 45.7 Å². The van der Waals surface area contributed by atoms with E-state index in [1.165, 1.54) is 22.0 Å². The molecule has 2 aromatic rings. The van der Waals surface area contributed by atoms with Crippen molar-refractivity contribution in [3.8, 4) is 0 Å². The number of carbonyl (C=O) groups is 2. The second kappa shape index (κ2) is 9.01. The highest BCUT2D eigenvalue weighted by atomic mass is 16.5. The van der Waals surface area contributed by atoms with Crippen LogP contribution in [0.25, 0.3) is 0 Å². The molecule has 0 radical (unpaired) electrons. The summed E-state index contributed by atoms with van der Waals surface area (Å²) in [6.45, 7) is 5.16. The summed E-state index contributed by atoms with van der Waals surface area (Å²) in [5.41, 5.74) is 2.78. The monoisotopic (exact) mass is 384 g/mol. The molecule has 28 heavy (non-hydrogen) atoms. The molecule has 0 bridgehead atoms. The molecule has 7 nitrogen and oxygen atoms in total. The highest BCUT2D eigenvalue weighted by Crippen LogP contribution is 2.28. The zero-order valence-electron chi connectivity index (χ0n) is 16.8. The van der Waals surface area contributed by atoms with Crippen LogP contribution in [0.5, 0.6) is 0 Å². The summed E-state index contributed by atoms with van der Waals surface area (Å²) < 4.78 is 6.52. The zero-order chi connectivity index (χ0) is 20.1. The third kappa shape index (κ3) is 4.98. The van der Waals surface area contributed by atoms with E-state index in [1.54, 1.807) is 14.0 Å². The van der Waals surface area contributed by atoms with Gasteiger partial charge in [0.2, 0.25) is 5.91 Å². The van der Waals surface area contributed by atoms with Crippen molar-refractivity contribution >= 4 is 17.7 Å². The lowest BCUT2D eigenvalue weighted by Gasteiger charge is -2.22. The van der Waals surface area contributed by atoms with Gasteiger partial charge >= 0.3 is 5.97 Å². The summed E-state index contributed by atoms with van der Waals surface area (Å²) in [6.07, 6.45) is 4.66. The minimum absolute atomic E-state index is 0.161. The van der Waals surface area contributed by atoms with Gasteiger partial charge < -0.3 is 10.1 Å². The molecule has 0 spiro atoms. The number of nitrogens with zero attached hydrogens (tertiary/aromatic N) is 3. The number of carbonyl (C=O) groups excluding carboxylic acids is 2. The van der Waals surface area contributed by atoms with E-state index in [-0.39, 0.29) is 24.6 Å². The maximum absolute atomic E-state index is 12.7. The van der Waals surface area contributed by atoms with Crippen molar-refractivity contribution in [1.82, 2.24) is 14.7 Å². The Balaban J connectivity index is 1.65. The third-order valence-corrected chi connectivity index (χ3v) is 4.92.